The van der Waals surface area contributed by atoms with Gasteiger partial charge in [-0.25, -0.2) is 0 Å². The molecular formula is C10H18N2O. The van der Waals surface area contributed by atoms with Crippen molar-refractivity contribution < 1.29 is 4.79 Å². The van der Waals surface area contributed by atoms with Crippen LogP contribution < -0.4 is 0 Å². The Bertz CT molecular complexity index is 190. The van der Waals surface area contributed by atoms with Crippen LogP contribution in [0.15, 0.2) is 0 Å². The Balaban J connectivity index is 4.20. The number of amides is 1. The molecule has 0 aliphatic carbocycles. The van der Waals surface area contributed by atoms with Crippen LogP contribution in [0.2, 0.25) is 0 Å². The normalized spacial score (nSPS) is 11.8. The third-order valence-corrected chi connectivity index (χ3v) is 1.86. The highest BCUT2D eigenvalue weighted by atomic mass is 16.2. The summed E-state index contributed by atoms with van der Waals surface area (Å²) in [6.45, 7) is 7.25. The van der Waals surface area contributed by atoms with Gasteiger partial charge in [-0.2, -0.15) is 5.26 Å². The molecule has 0 aromatic heterocycles. The van der Waals surface area contributed by atoms with Crippen molar-refractivity contribution >= 4 is 5.91 Å². The van der Waals surface area contributed by atoms with Gasteiger partial charge in [0.25, 0.3) is 0 Å². The van der Waals surface area contributed by atoms with E-state index in [0.29, 0.717) is 0 Å². The maximum absolute atomic E-state index is 11.6. The first-order chi connectivity index (χ1) is 6.17. The lowest BCUT2D eigenvalue weighted by molar-refractivity contribution is -0.133. The molecule has 0 fully saturated rings. The maximum atomic E-state index is 11.6. The highest BCUT2D eigenvalue weighted by Gasteiger charge is 2.18. The van der Waals surface area contributed by atoms with E-state index in [4.69, 9.17) is 5.26 Å². The summed E-state index contributed by atoms with van der Waals surface area (Å²) >= 11 is 0. The minimum absolute atomic E-state index is 0.0359. The molecule has 1 unspecified atom stereocenters. The van der Waals surface area contributed by atoms with Crippen molar-refractivity contribution in [3.05, 3.63) is 0 Å². The van der Waals surface area contributed by atoms with Gasteiger partial charge in [0.15, 0.2) is 0 Å². The van der Waals surface area contributed by atoms with Gasteiger partial charge in [-0.05, 0) is 19.8 Å². The molecule has 3 heteroatoms. The van der Waals surface area contributed by atoms with Crippen molar-refractivity contribution in [3.63, 3.8) is 0 Å². The SMILES string of the molecule is CCCN(CCC)C(=O)C(C)C#N. The van der Waals surface area contributed by atoms with Crippen LogP contribution in [0.3, 0.4) is 0 Å². The largest absolute Gasteiger partial charge is 0.342 e. The molecule has 0 aromatic carbocycles. The first-order valence-corrected chi connectivity index (χ1v) is 4.85. The van der Waals surface area contributed by atoms with E-state index in [0.717, 1.165) is 25.9 Å². The van der Waals surface area contributed by atoms with Gasteiger partial charge in [0.1, 0.15) is 5.92 Å². The van der Waals surface area contributed by atoms with E-state index in [-0.39, 0.29) is 5.91 Å². The number of nitrogens with zero attached hydrogens (tertiary/aromatic N) is 2. The van der Waals surface area contributed by atoms with Gasteiger partial charge in [-0.1, -0.05) is 13.8 Å². The molecule has 0 saturated heterocycles. The molecule has 0 aliphatic heterocycles. The average molecular weight is 182 g/mol. The van der Waals surface area contributed by atoms with Crippen LogP contribution >= 0.6 is 0 Å². The van der Waals surface area contributed by atoms with Crippen LogP contribution in [0.4, 0.5) is 0 Å². The van der Waals surface area contributed by atoms with E-state index < -0.39 is 5.92 Å². The van der Waals surface area contributed by atoms with Crippen LogP contribution in [-0.4, -0.2) is 23.9 Å². The van der Waals surface area contributed by atoms with E-state index in [9.17, 15) is 4.79 Å². The molecule has 0 radical (unpaired) electrons. The van der Waals surface area contributed by atoms with Crippen molar-refractivity contribution in [1.29, 1.82) is 5.26 Å². The summed E-state index contributed by atoms with van der Waals surface area (Å²) in [6.07, 6.45) is 1.90. The number of hydrogen-bond acceptors (Lipinski definition) is 2. The second-order valence-electron chi connectivity index (χ2n) is 3.18. The van der Waals surface area contributed by atoms with E-state index in [1.807, 2.05) is 19.9 Å². The van der Waals surface area contributed by atoms with Crippen molar-refractivity contribution in [1.82, 2.24) is 4.90 Å². The third kappa shape index (κ3) is 3.93. The molecule has 0 saturated carbocycles. The Hall–Kier alpha value is -1.04. The summed E-state index contributed by atoms with van der Waals surface area (Å²) in [4.78, 5) is 13.3. The summed E-state index contributed by atoms with van der Waals surface area (Å²) in [5, 5.41) is 8.59. The molecule has 3 nitrogen and oxygen atoms in total. The zero-order valence-corrected chi connectivity index (χ0v) is 8.71. The van der Waals surface area contributed by atoms with Crippen LogP contribution in [-0.2, 0) is 4.79 Å². The molecular weight excluding hydrogens is 164 g/mol. The highest BCUT2D eigenvalue weighted by molar-refractivity contribution is 5.80. The van der Waals surface area contributed by atoms with Gasteiger partial charge >= 0.3 is 0 Å². The molecule has 1 amide bonds. The quantitative estimate of drug-likeness (QED) is 0.650. The molecule has 0 bridgehead atoms. The summed E-state index contributed by atoms with van der Waals surface area (Å²) in [5.41, 5.74) is 0. The number of carbonyl (C=O) groups excluding carboxylic acids is 1. The first kappa shape index (κ1) is 12.0. The molecule has 0 N–H and O–H groups in total. The number of carbonyl (C=O) groups is 1. The van der Waals surface area contributed by atoms with E-state index in [2.05, 4.69) is 0 Å². The molecule has 1 atom stereocenters. The third-order valence-electron chi connectivity index (χ3n) is 1.86. The minimum atomic E-state index is -0.502. The maximum Gasteiger partial charge on any atom is 0.239 e. The fourth-order valence-corrected chi connectivity index (χ4v) is 1.20. The van der Waals surface area contributed by atoms with Crippen molar-refractivity contribution in [2.24, 2.45) is 5.92 Å². The Morgan fingerprint density at radius 1 is 1.38 bits per heavy atom. The first-order valence-electron chi connectivity index (χ1n) is 4.85. The van der Waals surface area contributed by atoms with Crippen LogP contribution in [0.25, 0.3) is 0 Å². The monoisotopic (exact) mass is 182 g/mol. The molecule has 0 rings (SSSR count). The second kappa shape index (κ2) is 6.47. The number of nitriles is 1. The van der Waals surface area contributed by atoms with Crippen LogP contribution in [0.5, 0.6) is 0 Å². The summed E-state index contributed by atoms with van der Waals surface area (Å²) < 4.78 is 0. The summed E-state index contributed by atoms with van der Waals surface area (Å²) in [6, 6.07) is 1.97. The predicted molar refractivity (Wildman–Crippen MR) is 51.9 cm³/mol. The van der Waals surface area contributed by atoms with Gasteiger partial charge in [0.05, 0.1) is 6.07 Å². The van der Waals surface area contributed by atoms with Crippen LogP contribution in [0, 0.1) is 17.2 Å². The predicted octanol–water partition coefficient (Wildman–Crippen LogP) is 1.79. The van der Waals surface area contributed by atoms with Gasteiger partial charge in [0, 0.05) is 13.1 Å². The van der Waals surface area contributed by atoms with E-state index >= 15 is 0 Å². The number of rotatable bonds is 5. The van der Waals surface area contributed by atoms with Crippen molar-refractivity contribution in [2.45, 2.75) is 33.6 Å². The molecule has 13 heavy (non-hydrogen) atoms. The molecule has 0 aromatic rings. The zero-order valence-electron chi connectivity index (χ0n) is 8.71. The Labute approximate surface area is 80.3 Å². The standard InChI is InChI=1S/C10H18N2O/c1-4-6-12(7-5-2)10(13)9(3)8-11/h9H,4-7H2,1-3H3. The summed E-state index contributed by atoms with van der Waals surface area (Å²) in [7, 11) is 0. The number of hydrogen-bond donors (Lipinski definition) is 0. The smallest absolute Gasteiger partial charge is 0.239 e. The highest BCUT2D eigenvalue weighted by Crippen LogP contribution is 2.03. The Morgan fingerprint density at radius 3 is 2.15 bits per heavy atom. The topological polar surface area (TPSA) is 44.1 Å². The lowest BCUT2D eigenvalue weighted by atomic mass is 10.1. The second-order valence-corrected chi connectivity index (χ2v) is 3.18. The fourth-order valence-electron chi connectivity index (χ4n) is 1.20. The van der Waals surface area contributed by atoms with Gasteiger partial charge in [0.2, 0.25) is 5.91 Å². The van der Waals surface area contributed by atoms with Crippen molar-refractivity contribution in [2.75, 3.05) is 13.1 Å². The van der Waals surface area contributed by atoms with Gasteiger partial charge in [-0.3, -0.25) is 4.79 Å². The van der Waals surface area contributed by atoms with Gasteiger partial charge < -0.3 is 4.90 Å². The zero-order chi connectivity index (χ0) is 10.3. The van der Waals surface area contributed by atoms with Gasteiger partial charge in [-0.15, -0.1) is 0 Å². The molecule has 74 valence electrons. The molecule has 0 spiro atoms. The summed E-state index contributed by atoms with van der Waals surface area (Å²) in [5.74, 6) is -0.538. The molecule has 0 aliphatic rings. The van der Waals surface area contributed by atoms with Crippen molar-refractivity contribution in [3.8, 4) is 6.07 Å². The fraction of sp³-hybridized carbons (Fsp3) is 0.800. The molecule has 0 heterocycles. The minimum Gasteiger partial charge on any atom is -0.342 e. The lowest BCUT2D eigenvalue weighted by Gasteiger charge is -2.22. The van der Waals surface area contributed by atoms with E-state index in [1.165, 1.54) is 0 Å². The Kier molecular flexibility index (Phi) is 5.96. The lowest BCUT2D eigenvalue weighted by Crippen LogP contribution is -2.35. The van der Waals surface area contributed by atoms with Crippen LogP contribution in [0.1, 0.15) is 33.6 Å². The van der Waals surface area contributed by atoms with E-state index in [1.54, 1.807) is 11.8 Å². The average Bonchev–Trinajstić information content (AvgIpc) is 2.15. The Morgan fingerprint density at radius 2 is 1.85 bits per heavy atom.